The van der Waals surface area contributed by atoms with Crippen molar-refractivity contribution in [3.8, 4) is 0 Å². The monoisotopic (exact) mass is 249 g/mol. The Labute approximate surface area is 78.7 Å². The molecule has 9 nitrogen and oxygen atoms in total. The summed E-state index contributed by atoms with van der Waals surface area (Å²) in [5.74, 6) is -1.19. The van der Waals surface area contributed by atoms with E-state index in [0.29, 0.717) is 0 Å². The predicted molar refractivity (Wildman–Crippen MR) is 42.7 cm³/mol. The van der Waals surface area contributed by atoms with Crippen LogP contribution in [0.25, 0.3) is 0 Å². The summed E-state index contributed by atoms with van der Waals surface area (Å²) in [7, 11) is -10.3. The molecule has 14 heavy (non-hydrogen) atoms. The Balaban J connectivity index is 4.29. The third-order valence-corrected chi connectivity index (χ3v) is 2.89. The second kappa shape index (κ2) is 4.99. The van der Waals surface area contributed by atoms with Gasteiger partial charge in [0.2, 0.25) is 0 Å². The van der Waals surface area contributed by atoms with Crippen LogP contribution < -0.4 is 5.73 Å². The topological polar surface area (TPSA) is 156 Å². The van der Waals surface area contributed by atoms with Gasteiger partial charge in [-0.3, -0.25) is 9.69 Å². The van der Waals surface area contributed by atoms with E-state index >= 15 is 0 Å². The van der Waals surface area contributed by atoms with Gasteiger partial charge in [-0.05, 0) is 0 Å². The molecule has 0 bridgehead atoms. The number of carbonyl (C=O) groups is 1. The van der Waals surface area contributed by atoms with E-state index in [-0.39, 0.29) is 13.0 Å². The molecule has 0 radical (unpaired) electrons. The van der Waals surface area contributed by atoms with E-state index in [9.17, 15) is 13.9 Å². The van der Waals surface area contributed by atoms with E-state index in [1.165, 1.54) is 0 Å². The lowest BCUT2D eigenvalue weighted by Gasteiger charge is -2.11. The molecule has 0 saturated heterocycles. The van der Waals surface area contributed by atoms with Crippen molar-refractivity contribution in [3.05, 3.63) is 0 Å². The maximum atomic E-state index is 10.7. The van der Waals surface area contributed by atoms with Crippen LogP contribution in [0.15, 0.2) is 0 Å². The molecule has 0 aliphatic carbocycles. The van der Waals surface area contributed by atoms with Crippen molar-refractivity contribution in [2.24, 2.45) is 5.73 Å². The van der Waals surface area contributed by atoms with Crippen molar-refractivity contribution in [3.63, 3.8) is 0 Å². The number of phosphoric acid groups is 2. The summed E-state index contributed by atoms with van der Waals surface area (Å²) in [6.45, 7) is -0.130. The second-order valence-corrected chi connectivity index (χ2v) is 4.80. The Kier molecular flexibility index (Phi) is 4.90. The number of nitrogens with two attached hydrogens (primary N) is 1. The highest BCUT2D eigenvalue weighted by molar-refractivity contribution is 7.61. The average Bonchev–Trinajstić information content (AvgIpc) is 1.78. The maximum Gasteiger partial charge on any atom is 0.538 e. The van der Waals surface area contributed by atoms with Gasteiger partial charge in [0.05, 0.1) is 6.42 Å². The molecule has 5 N–H and O–H groups in total. The lowest BCUT2D eigenvalue weighted by Crippen LogP contribution is -2.10. The molecule has 84 valence electrons. The number of hydrogen-bond donors (Lipinski definition) is 4. The first-order valence-electron chi connectivity index (χ1n) is 3.18. The largest absolute Gasteiger partial charge is 0.538 e. The van der Waals surface area contributed by atoms with Crippen LogP contribution in [0, 0.1) is 0 Å². The molecular weight excluding hydrogens is 240 g/mol. The fraction of sp³-hybridized carbons (Fsp3) is 0.667. The molecular formula is C3H9NO8P2. The average molecular weight is 249 g/mol. The van der Waals surface area contributed by atoms with Gasteiger partial charge in [0.1, 0.15) is 0 Å². The summed E-state index contributed by atoms with van der Waals surface area (Å²) in [5, 5.41) is 0. The molecule has 0 rings (SSSR count). The SMILES string of the molecule is NCCC(=O)OP(=O)(O)OP(=O)(O)O. The smallest absolute Gasteiger partial charge is 0.370 e. The third-order valence-electron chi connectivity index (χ3n) is 0.775. The Morgan fingerprint density at radius 2 is 1.79 bits per heavy atom. The molecule has 0 fully saturated rings. The lowest BCUT2D eigenvalue weighted by atomic mass is 10.5. The van der Waals surface area contributed by atoms with Gasteiger partial charge in [-0.25, -0.2) is 9.13 Å². The highest BCUT2D eigenvalue weighted by atomic mass is 31.3. The zero-order valence-electron chi connectivity index (χ0n) is 6.77. The van der Waals surface area contributed by atoms with E-state index in [2.05, 4.69) is 8.83 Å². The van der Waals surface area contributed by atoms with Gasteiger partial charge < -0.3 is 20.0 Å². The number of hydrogen-bond acceptors (Lipinski definition) is 6. The molecule has 0 aliphatic heterocycles. The Morgan fingerprint density at radius 3 is 2.14 bits per heavy atom. The van der Waals surface area contributed by atoms with Crippen LogP contribution in [0.1, 0.15) is 6.42 Å². The fourth-order valence-corrected chi connectivity index (χ4v) is 2.00. The van der Waals surface area contributed by atoms with E-state index in [1.54, 1.807) is 0 Å². The van der Waals surface area contributed by atoms with Crippen LogP contribution >= 0.6 is 15.6 Å². The molecule has 1 unspecified atom stereocenters. The second-order valence-electron chi connectivity index (χ2n) is 2.04. The van der Waals surface area contributed by atoms with Crippen molar-refractivity contribution in [1.29, 1.82) is 0 Å². The third kappa shape index (κ3) is 7.16. The maximum absolute atomic E-state index is 10.7. The summed E-state index contributed by atoms with van der Waals surface area (Å²) in [4.78, 5) is 35.5. The zero-order valence-corrected chi connectivity index (χ0v) is 8.56. The Hall–Kier alpha value is -0.270. The van der Waals surface area contributed by atoms with Crippen LogP contribution in [-0.4, -0.2) is 27.2 Å². The predicted octanol–water partition coefficient (Wildman–Crippen LogP) is -0.912. The van der Waals surface area contributed by atoms with E-state index in [1.807, 2.05) is 0 Å². The van der Waals surface area contributed by atoms with Gasteiger partial charge in [-0.15, -0.1) is 0 Å². The summed E-state index contributed by atoms with van der Waals surface area (Å²) in [5.41, 5.74) is 4.91. The van der Waals surface area contributed by atoms with Crippen LogP contribution in [0.3, 0.4) is 0 Å². The van der Waals surface area contributed by atoms with Crippen LogP contribution in [0.2, 0.25) is 0 Å². The zero-order chi connectivity index (χ0) is 11.4. The summed E-state index contributed by atoms with van der Waals surface area (Å²) >= 11 is 0. The molecule has 0 amide bonds. The molecule has 0 spiro atoms. The van der Waals surface area contributed by atoms with Crippen LogP contribution in [-0.2, 0) is 22.8 Å². The minimum absolute atomic E-state index is 0.130. The quantitative estimate of drug-likeness (QED) is 0.452. The number of rotatable bonds is 5. The van der Waals surface area contributed by atoms with Gasteiger partial charge in [0.25, 0.3) is 0 Å². The molecule has 0 aromatic rings. The van der Waals surface area contributed by atoms with Crippen molar-refractivity contribution in [2.45, 2.75) is 6.42 Å². The van der Waals surface area contributed by atoms with Gasteiger partial charge in [0, 0.05) is 6.54 Å². The molecule has 0 heterocycles. The van der Waals surface area contributed by atoms with Gasteiger partial charge in [0.15, 0.2) is 0 Å². The first kappa shape index (κ1) is 13.7. The van der Waals surface area contributed by atoms with Crippen LogP contribution in [0.5, 0.6) is 0 Å². The molecule has 1 atom stereocenters. The van der Waals surface area contributed by atoms with Crippen molar-refractivity contribution in [2.75, 3.05) is 6.54 Å². The van der Waals surface area contributed by atoms with Crippen LogP contribution in [0.4, 0.5) is 0 Å². The van der Waals surface area contributed by atoms with Gasteiger partial charge in [-0.1, -0.05) is 0 Å². The standard InChI is InChI=1S/C3H9NO8P2/c4-2-1-3(5)11-14(9,10)12-13(6,7)8/h1-2,4H2,(H,9,10)(H2,6,7,8). The fourth-order valence-electron chi connectivity index (χ4n) is 0.443. The first-order valence-corrected chi connectivity index (χ1v) is 6.21. The Morgan fingerprint density at radius 1 is 1.29 bits per heavy atom. The van der Waals surface area contributed by atoms with E-state index in [4.69, 9.17) is 20.4 Å². The van der Waals surface area contributed by atoms with E-state index in [0.717, 1.165) is 0 Å². The van der Waals surface area contributed by atoms with Gasteiger partial charge >= 0.3 is 21.6 Å². The minimum Gasteiger partial charge on any atom is -0.370 e. The van der Waals surface area contributed by atoms with E-state index < -0.39 is 21.6 Å². The number of phosphoric ester groups is 1. The summed E-state index contributed by atoms with van der Waals surface area (Å²) in [6, 6.07) is 0. The van der Waals surface area contributed by atoms with Crippen molar-refractivity contribution < 1.29 is 37.4 Å². The highest BCUT2D eigenvalue weighted by Crippen LogP contribution is 2.57. The highest BCUT2D eigenvalue weighted by Gasteiger charge is 2.35. The molecule has 11 heteroatoms. The molecule has 0 saturated carbocycles. The van der Waals surface area contributed by atoms with Crippen molar-refractivity contribution in [1.82, 2.24) is 0 Å². The molecule has 0 aromatic heterocycles. The molecule has 0 aromatic carbocycles. The summed E-state index contributed by atoms with van der Waals surface area (Å²) < 4.78 is 27.9. The first-order chi connectivity index (χ1) is 6.16. The lowest BCUT2D eigenvalue weighted by molar-refractivity contribution is -0.135. The Bertz CT molecular complexity index is 295. The summed E-state index contributed by atoms with van der Waals surface area (Å²) in [6.07, 6.45) is -0.366. The molecule has 0 aliphatic rings. The van der Waals surface area contributed by atoms with Gasteiger partial charge in [-0.2, -0.15) is 4.31 Å². The minimum atomic E-state index is -5.18. The number of carbonyl (C=O) groups excluding carboxylic acids is 1. The van der Waals surface area contributed by atoms with Crippen molar-refractivity contribution >= 4 is 21.6 Å². The normalized spacial score (nSPS) is 16.0.